The fourth-order valence-electron chi connectivity index (χ4n) is 3.31. The number of carbonyl (C=O) groups is 2. The van der Waals surface area contributed by atoms with Crippen molar-refractivity contribution >= 4 is 34.9 Å². The van der Waals surface area contributed by atoms with Crippen molar-refractivity contribution in [3.8, 4) is 11.5 Å². The fraction of sp³-hybridized carbons (Fsp3) is 0.259. The summed E-state index contributed by atoms with van der Waals surface area (Å²) in [5.41, 5.74) is 1.33. The number of benzene rings is 3. The Hall–Kier alpha value is -3.51. The van der Waals surface area contributed by atoms with Crippen LogP contribution in [-0.2, 0) is 4.79 Å². The number of unbranched alkanes of at least 4 members (excludes halogenated alkanes) is 1. The molecule has 3 rings (SSSR count). The highest BCUT2D eigenvalue weighted by molar-refractivity contribution is 6.30. The maximum atomic E-state index is 13.1. The lowest BCUT2D eigenvalue weighted by molar-refractivity contribution is -0.121. The highest BCUT2D eigenvalue weighted by atomic mass is 35.5. The lowest BCUT2D eigenvalue weighted by Crippen LogP contribution is -2.37. The first-order valence-corrected chi connectivity index (χ1v) is 11.9. The van der Waals surface area contributed by atoms with Gasteiger partial charge in [-0.25, -0.2) is 4.79 Å². The number of amides is 3. The number of urea groups is 1. The third-order valence-corrected chi connectivity index (χ3v) is 5.32. The number of halogens is 1. The van der Waals surface area contributed by atoms with Gasteiger partial charge in [0.2, 0.25) is 5.91 Å². The molecule has 0 saturated heterocycles. The first-order valence-electron chi connectivity index (χ1n) is 11.5. The van der Waals surface area contributed by atoms with Crippen LogP contribution in [0.1, 0.15) is 32.6 Å². The van der Waals surface area contributed by atoms with Crippen molar-refractivity contribution in [2.75, 3.05) is 23.3 Å². The zero-order valence-corrected chi connectivity index (χ0v) is 20.1. The van der Waals surface area contributed by atoms with Gasteiger partial charge in [-0.2, -0.15) is 0 Å². The highest BCUT2D eigenvalue weighted by Gasteiger charge is 2.16. The molecule has 34 heavy (non-hydrogen) atoms. The van der Waals surface area contributed by atoms with Crippen LogP contribution in [0.5, 0.6) is 11.5 Å². The van der Waals surface area contributed by atoms with Crippen LogP contribution in [0.2, 0.25) is 5.02 Å². The van der Waals surface area contributed by atoms with Crippen molar-refractivity contribution in [2.24, 2.45) is 0 Å². The van der Waals surface area contributed by atoms with Gasteiger partial charge in [0, 0.05) is 35.9 Å². The van der Waals surface area contributed by atoms with E-state index < -0.39 is 0 Å². The average molecular weight is 480 g/mol. The summed E-state index contributed by atoms with van der Waals surface area (Å²) >= 11 is 6.06. The van der Waals surface area contributed by atoms with Gasteiger partial charge in [0.05, 0.1) is 0 Å². The number of para-hydroxylation sites is 1. The molecule has 2 N–H and O–H groups in total. The number of carbonyl (C=O) groups excluding carboxylic acids is 2. The van der Waals surface area contributed by atoms with Crippen LogP contribution in [0.3, 0.4) is 0 Å². The number of hydrogen-bond acceptors (Lipinski definition) is 3. The summed E-state index contributed by atoms with van der Waals surface area (Å²) in [4.78, 5) is 26.6. The molecule has 0 fully saturated rings. The predicted molar refractivity (Wildman–Crippen MR) is 138 cm³/mol. The third kappa shape index (κ3) is 8.12. The van der Waals surface area contributed by atoms with Gasteiger partial charge in [-0.3, -0.25) is 9.69 Å². The third-order valence-electron chi connectivity index (χ3n) is 5.09. The Morgan fingerprint density at radius 1 is 0.912 bits per heavy atom. The minimum absolute atomic E-state index is 0.0409. The molecule has 0 aromatic heterocycles. The van der Waals surface area contributed by atoms with Crippen molar-refractivity contribution in [3.05, 3.63) is 83.9 Å². The molecule has 3 aromatic carbocycles. The molecule has 0 aliphatic rings. The van der Waals surface area contributed by atoms with Crippen LogP contribution < -0.4 is 20.3 Å². The van der Waals surface area contributed by atoms with Crippen LogP contribution in [0.25, 0.3) is 0 Å². The maximum Gasteiger partial charge on any atom is 0.326 e. The minimum Gasteiger partial charge on any atom is -0.457 e. The summed E-state index contributed by atoms with van der Waals surface area (Å²) in [7, 11) is 0. The second-order valence-corrected chi connectivity index (χ2v) is 8.24. The number of anilines is 2. The van der Waals surface area contributed by atoms with E-state index in [2.05, 4.69) is 17.6 Å². The Morgan fingerprint density at radius 3 is 2.35 bits per heavy atom. The van der Waals surface area contributed by atoms with Gasteiger partial charge in [0.1, 0.15) is 11.5 Å². The van der Waals surface area contributed by atoms with E-state index in [0.29, 0.717) is 42.4 Å². The predicted octanol–water partition coefficient (Wildman–Crippen LogP) is 6.87. The van der Waals surface area contributed by atoms with E-state index in [-0.39, 0.29) is 11.9 Å². The smallest absolute Gasteiger partial charge is 0.326 e. The lowest BCUT2D eigenvalue weighted by Gasteiger charge is -2.24. The normalized spacial score (nSPS) is 10.4. The molecule has 0 aliphatic heterocycles. The van der Waals surface area contributed by atoms with E-state index in [9.17, 15) is 9.59 Å². The molecule has 0 saturated carbocycles. The molecule has 0 bridgehead atoms. The molecule has 0 unspecified atom stereocenters. The van der Waals surface area contributed by atoms with E-state index in [4.69, 9.17) is 16.3 Å². The van der Waals surface area contributed by atoms with Gasteiger partial charge in [-0.05, 0) is 67.4 Å². The van der Waals surface area contributed by atoms with Crippen LogP contribution >= 0.6 is 11.6 Å². The standard InChI is InChI=1S/C27H30ClN3O3/c1-2-3-13-26(32)29-18-8-19-31(27(33)30-22-10-7-9-21(28)20-22)23-14-16-25(17-15-23)34-24-11-5-4-6-12-24/h4-7,9-12,14-17,20H,2-3,8,13,18-19H2,1H3,(H,29,32)(H,30,33). The molecular formula is C27H30ClN3O3. The minimum atomic E-state index is -0.281. The Kier molecular flexibility index (Phi) is 9.80. The second-order valence-electron chi connectivity index (χ2n) is 7.81. The molecule has 7 heteroatoms. The van der Waals surface area contributed by atoms with E-state index in [0.717, 1.165) is 24.3 Å². The largest absolute Gasteiger partial charge is 0.457 e. The van der Waals surface area contributed by atoms with Crippen molar-refractivity contribution < 1.29 is 14.3 Å². The molecule has 3 amide bonds. The van der Waals surface area contributed by atoms with Crippen LogP contribution in [0, 0.1) is 0 Å². The summed E-state index contributed by atoms with van der Waals surface area (Å²) < 4.78 is 5.86. The molecule has 0 heterocycles. The number of nitrogens with one attached hydrogen (secondary N) is 2. The lowest BCUT2D eigenvalue weighted by atomic mass is 10.2. The molecule has 0 radical (unpaired) electrons. The summed E-state index contributed by atoms with van der Waals surface area (Å²) in [5.74, 6) is 1.46. The molecule has 0 aliphatic carbocycles. The fourth-order valence-corrected chi connectivity index (χ4v) is 3.50. The van der Waals surface area contributed by atoms with Gasteiger partial charge in [-0.1, -0.05) is 49.2 Å². The van der Waals surface area contributed by atoms with Crippen LogP contribution in [-0.4, -0.2) is 25.0 Å². The second kappa shape index (κ2) is 13.3. The number of rotatable bonds is 11. The van der Waals surface area contributed by atoms with Crippen LogP contribution in [0.15, 0.2) is 78.9 Å². The molecule has 178 valence electrons. The van der Waals surface area contributed by atoms with E-state index in [1.54, 1.807) is 29.2 Å². The first-order chi connectivity index (χ1) is 16.5. The topological polar surface area (TPSA) is 70.7 Å². The van der Waals surface area contributed by atoms with E-state index >= 15 is 0 Å². The van der Waals surface area contributed by atoms with Gasteiger partial charge in [0.15, 0.2) is 0 Å². The monoisotopic (exact) mass is 479 g/mol. The van der Waals surface area contributed by atoms with Crippen molar-refractivity contribution in [1.29, 1.82) is 0 Å². The summed E-state index contributed by atoms with van der Waals surface area (Å²) in [5, 5.41) is 6.36. The summed E-state index contributed by atoms with van der Waals surface area (Å²) in [6, 6.07) is 23.6. The van der Waals surface area contributed by atoms with E-state index in [1.165, 1.54) is 0 Å². The molecule has 0 spiro atoms. The molecule has 0 atom stereocenters. The van der Waals surface area contributed by atoms with Crippen LogP contribution in [0.4, 0.5) is 16.2 Å². The molecular weight excluding hydrogens is 450 g/mol. The zero-order chi connectivity index (χ0) is 24.2. The number of nitrogens with zero attached hydrogens (tertiary/aromatic N) is 1. The Labute approximate surface area is 205 Å². The van der Waals surface area contributed by atoms with Crippen molar-refractivity contribution in [3.63, 3.8) is 0 Å². The van der Waals surface area contributed by atoms with Gasteiger partial charge >= 0.3 is 6.03 Å². The summed E-state index contributed by atoms with van der Waals surface area (Å²) in [6.07, 6.45) is 2.99. The van der Waals surface area contributed by atoms with E-state index in [1.807, 2.05) is 54.6 Å². The van der Waals surface area contributed by atoms with Gasteiger partial charge in [-0.15, -0.1) is 0 Å². The number of hydrogen-bond donors (Lipinski definition) is 2. The Morgan fingerprint density at radius 2 is 1.65 bits per heavy atom. The SMILES string of the molecule is CCCCC(=O)NCCCN(C(=O)Nc1cccc(Cl)c1)c1ccc(Oc2ccccc2)cc1. The first kappa shape index (κ1) is 25.1. The highest BCUT2D eigenvalue weighted by Crippen LogP contribution is 2.25. The van der Waals surface area contributed by atoms with Gasteiger partial charge in [0.25, 0.3) is 0 Å². The zero-order valence-electron chi connectivity index (χ0n) is 19.3. The summed E-state index contributed by atoms with van der Waals surface area (Å²) in [6.45, 7) is 2.98. The molecule has 6 nitrogen and oxygen atoms in total. The quantitative estimate of drug-likeness (QED) is 0.295. The Balaban J connectivity index is 1.67. The van der Waals surface area contributed by atoms with Gasteiger partial charge < -0.3 is 15.4 Å². The maximum absolute atomic E-state index is 13.1. The number of ether oxygens (including phenoxy) is 1. The molecule has 3 aromatic rings. The average Bonchev–Trinajstić information content (AvgIpc) is 2.84. The van der Waals surface area contributed by atoms with Crippen molar-refractivity contribution in [2.45, 2.75) is 32.6 Å². The Bertz CT molecular complexity index is 1060. The van der Waals surface area contributed by atoms with Crippen molar-refractivity contribution in [1.82, 2.24) is 5.32 Å².